The molecule has 2 rings (SSSR count). The van der Waals surface area contributed by atoms with Crippen molar-refractivity contribution in [2.75, 3.05) is 18.0 Å². The zero-order valence-corrected chi connectivity index (χ0v) is 11.7. The number of aryl methyl sites for hydroxylation is 1. The average Bonchev–Trinajstić information content (AvgIpc) is 2.57. The molecule has 0 radical (unpaired) electrons. The quantitative estimate of drug-likeness (QED) is 0.862. The minimum Gasteiger partial charge on any atom is -0.358 e. The van der Waals surface area contributed by atoms with Gasteiger partial charge in [-0.1, -0.05) is 19.1 Å². The highest BCUT2D eigenvalue weighted by molar-refractivity contribution is 5.86. The molecule has 2 atom stereocenters. The maximum absolute atomic E-state index is 12.1. The first-order valence-corrected chi connectivity index (χ1v) is 7.01. The van der Waals surface area contributed by atoms with Gasteiger partial charge in [-0.15, -0.1) is 0 Å². The van der Waals surface area contributed by atoms with Gasteiger partial charge in [-0.25, -0.2) is 0 Å². The number of carbonyl (C=O) groups excluding carboxylic acids is 1. The molecule has 2 unspecified atom stereocenters. The lowest BCUT2D eigenvalue weighted by atomic mass is 10.1. The number of nitrogens with two attached hydrogens (primary N) is 1. The summed E-state index contributed by atoms with van der Waals surface area (Å²) in [6.07, 6.45) is 1.97. The minimum atomic E-state index is -0.266. The molecule has 0 saturated carbocycles. The summed E-state index contributed by atoms with van der Waals surface area (Å²) in [5.41, 5.74) is 8.18. The number of benzene rings is 1. The number of amides is 1. The van der Waals surface area contributed by atoms with Gasteiger partial charge >= 0.3 is 0 Å². The first-order chi connectivity index (χ1) is 9.15. The van der Waals surface area contributed by atoms with Crippen LogP contribution in [0.2, 0.25) is 0 Å². The van der Waals surface area contributed by atoms with Crippen molar-refractivity contribution in [3.63, 3.8) is 0 Å². The van der Waals surface area contributed by atoms with Crippen LogP contribution in [0.3, 0.4) is 0 Å². The molecule has 1 aliphatic heterocycles. The summed E-state index contributed by atoms with van der Waals surface area (Å²) < 4.78 is 0. The van der Waals surface area contributed by atoms with Gasteiger partial charge in [-0.3, -0.25) is 4.79 Å². The number of hydrogen-bond acceptors (Lipinski definition) is 3. The van der Waals surface area contributed by atoms with Gasteiger partial charge in [-0.2, -0.15) is 0 Å². The minimum absolute atomic E-state index is 0.0343. The van der Waals surface area contributed by atoms with Crippen LogP contribution in [-0.4, -0.2) is 31.1 Å². The van der Waals surface area contributed by atoms with E-state index in [0.29, 0.717) is 6.54 Å². The van der Waals surface area contributed by atoms with Crippen molar-refractivity contribution < 1.29 is 4.79 Å². The maximum Gasteiger partial charge on any atom is 0.244 e. The van der Waals surface area contributed by atoms with E-state index in [9.17, 15) is 4.79 Å². The van der Waals surface area contributed by atoms with E-state index in [2.05, 4.69) is 41.4 Å². The molecule has 0 spiro atoms. The Morgan fingerprint density at radius 2 is 2.05 bits per heavy atom. The second-order valence-corrected chi connectivity index (χ2v) is 5.16. The van der Waals surface area contributed by atoms with Crippen LogP contribution < -0.4 is 16.0 Å². The molecule has 19 heavy (non-hydrogen) atoms. The van der Waals surface area contributed by atoms with Gasteiger partial charge in [0.15, 0.2) is 0 Å². The van der Waals surface area contributed by atoms with Crippen LogP contribution >= 0.6 is 0 Å². The molecule has 4 heteroatoms. The fourth-order valence-electron chi connectivity index (χ4n) is 2.51. The number of carbonyl (C=O) groups is 1. The highest BCUT2D eigenvalue weighted by atomic mass is 16.2. The summed E-state index contributed by atoms with van der Waals surface area (Å²) >= 11 is 0. The van der Waals surface area contributed by atoms with Crippen molar-refractivity contribution in [3.05, 3.63) is 29.8 Å². The lowest BCUT2D eigenvalue weighted by molar-refractivity contribution is -0.122. The Morgan fingerprint density at radius 3 is 2.63 bits per heavy atom. The van der Waals surface area contributed by atoms with Gasteiger partial charge in [0.2, 0.25) is 5.91 Å². The van der Waals surface area contributed by atoms with E-state index >= 15 is 0 Å². The molecule has 1 fully saturated rings. The molecule has 0 bridgehead atoms. The van der Waals surface area contributed by atoms with E-state index in [4.69, 9.17) is 5.73 Å². The van der Waals surface area contributed by atoms with Gasteiger partial charge in [0.25, 0.3) is 0 Å². The van der Waals surface area contributed by atoms with E-state index < -0.39 is 0 Å². The van der Waals surface area contributed by atoms with E-state index in [1.807, 2.05) is 6.92 Å². The smallest absolute Gasteiger partial charge is 0.244 e. The molecule has 3 N–H and O–H groups in total. The average molecular weight is 261 g/mol. The van der Waals surface area contributed by atoms with Crippen molar-refractivity contribution >= 4 is 11.6 Å². The normalized spacial score (nSPS) is 23.9. The summed E-state index contributed by atoms with van der Waals surface area (Å²) in [6.45, 7) is 5.37. The topological polar surface area (TPSA) is 58.4 Å². The molecule has 1 aromatic rings. The molecule has 0 aromatic heterocycles. The Bertz CT molecular complexity index is 430. The number of nitrogens with one attached hydrogen (secondary N) is 1. The first kappa shape index (κ1) is 13.9. The first-order valence-electron chi connectivity index (χ1n) is 7.01. The summed E-state index contributed by atoms with van der Waals surface area (Å²) in [7, 11) is 0. The number of rotatable bonds is 3. The van der Waals surface area contributed by atoms with Crippen LogP contribution in [0.4, 0.5) is 5.69 Å². The lowest BCUT2D eigenvalue weighted by Gasteiger charge is -2.29. The van der Waals surface area contributed by atoms with Crippen molar-refractivity contribution in [2.45, 2.75) is 38.8 Å². The van der Waals surface area contributed by atoms with Gasteiger partial charge in [-0.05, 0) is 37.5 Å². The van der Waals surface area contributed by atoms with E-state index in [-0.39, 0.29) is 18.0 Å². The standard InChI is InChI=1S/C15H23N3O/c1-3-12-4-6-13(7-5-12)18-9-8-11(2)17-15(19)14(18)10-16/h4-7,11,14H,3,8-10,16H2,1-2H3,(H,17,19). The Hall–Kier alpha value is -1.55. The monoisotopic (exact) mass is 261 g/mol. The predicted molar refractivity (Wildman–Crippen MR) is 78.2 cm³/mol. The fourth-order valence-corrected chi connectivity index (χ4v) is 2.51. The lowest BCUT2D eigenvalue weighted by Crippen LogP contribution is -2.49. The molecule has 1 heterocycles. The van der Waals surface area contributed by atoms with Gasteiger partial charge < -0.3 is 16.0 Å². The summed E-state index contributed by atoms with van der Waals surface area (Å²) in [4.78, 5) is 14.3. The van der Waals surface area contributed by atoms with E-state index in [1.165, 1.54) is 5.56 Å². The molecule has 0 aliphatic carbocycles. The summed E-state index contributed by atoms with van der Waals surface area (Å²) in [6, 6.07) is 8.36. The Balaban J connectivity index is 2.25. The third-order valence-electron chi connectivity index (χ3n) is 3.77. The highest BCUT2D eigenvalue weighted by Gasteiger charge is 2.29. The Labute approximate surface area is 115 Å². The Kier molecular flexibility index (Phi) is 4.43. The third-order valence-corrected chi connectivity index (χ3v) is 3.77. The van der Waals surface area contributed by atoms with Crippen molar-refractivity contribution in [1.82, 2.24) is 5.32 Å². The van der Waals surface area contributed by atoms with Gasteiger partial charge in [0, 0.05) is 24.8 Å². The number of nitrogens with zero attached hydrogens (tertiary/aromatic N) is 1. The largest absolute Gasteiger partial charge is 0.358 e. The third kappa shape index (κ3) is 3.07. The molecule has 4 nitrogen and oxygen atoms in total. The van der Waals surface area contributed by atoms with Crippen LogP contribution in [-0.2, 0) is 11.2 Å². The van der Waals surface area contributed by atoms with E-state index in [0.717, 1.165) is 25.1 Å². The van der Waals surface area contributed by atoms with Gasteiger partial charge in [0.1, 0.15) is 6.04 Å². The summed E-state index contributed by atoms with van der Waals surface area (Å²) in [5.74, 6) is 0.0343. The SMILES string of the molecule is CCc1ccc(N2CCC(C)NC(=O)C2CN)cc1. The van der Waals surface area contributed by atoms with Crippen LogP contribution in [0.25, 0.3) is 0 Å². The number of hydrogen-bond donors (Lipinski definition) is 2. The molecular formula is C15H23N3O. The maximum atomic E-state index is 12.1. The molecule has 1 aromatic carbocycles. The van der Waals surface area contributed by atoms with Gasteiger partial charge in [0.05, 0.1) is 0 Å². The van der Waals surface area contributed by atoms with Crippen molar-refractivity contribution in [3.8, 4) is 0 Å². The molecule has 1 aliphatic rings. The van der Waals surface area contributed by atoms with E-state index in [1.54, 1.807) is 0 Å². The predicted octanol–water partition coefficient (Wildman–Crippen LogP) is 1.29. The highest BCUT2D eigenvalue weighted by Crippen LogP contribution is 2.20. The zero-order valence-electron chi connectivity index (χ0n) is 11.7. The molecule has 1 amide bonds. The molecule has 1 saturated heterocycles. The Morgan fingerprint density at radius 1 is 1.37 bits per heavy atom. The summed E-state index contributed by atoms with van der Waals surface area (Å²) in [5, 5.41) is 3.00. The van der Waals surface area contributed by atoms with Crippen LogP contribution in [0, 0.1) is 0 Å². The zero-order chi connectivity index (χ0) is 13.8. The van der Waals surface area contributed by atoms with Crippen molar-refractivity contribution in [2.24, 2.45) is 5.73 Å². The fraction of sp³-hybridized carbons (Fsp3) is 0.533. The second kappa shape index (κ2) is 6.06. The van der Waals surface area contributed by atoms with Crippen LogP contribution in [0.1, 0.15) is 25.8 Å². The molecular weight excluding hydrogens is 238 g/mol. The molecule has 104 valence electrons. The number of anilines is 1. The second-order valence-electron chi connectivity index (χ2n) is 5.16. The van der Waals surface area contributed by atoms with Crippen LogP contribution in [0.5, 0.6) is 0 Å². The van der Waals surface area contributed by atoms with Crippen molar-refractivity contribution in [1.29, 1.82) is 0 Å². The van der Waals surface area contributed by atoms with Crippen LogP contribution in [0.15, 0.2) is 24.3 Å².